The van der Waals surface area contributed by atoms with E-state index in [1.54, 1.807) is 6.08 Å². The highest BCUT2D eigenvalue weighted by molar-refractivity contribution is 5.69. The van der Waals surface area contributed by atoms with E-state index in [1.165, 1.54) is 13.2 Å². The van der Waals surface area contributed by atoms with Crippen molar-refractivity contribution in [3.8, 4) is 0 Å². The molecule has 3 nitrogen and oxygen atoms in total. The quantitative estimate of drug-likeness (QED) is 0.812. The van der Waals surface area contributed by atoms with Crippen molar-refractivity contribution in [1.29, 1.82) is 0 Å². The van der Waals surface area contributed by atoms with Crippen LogP contribution in [0.4, 0.5) is 13.2 Å². The Morgan fingerprint density at radius 1 is 1.41 bits per heavy atom. The van der Waals surface area contributed by atoms with Crippen molar-refractivity contribution in [3.63, 3.8) is 0 Å². The Bertz CT molecular complexity index is 471. The molecule has 0 aromatic carbocycles. The number of carbonyl (C=O) groups excluding carboxylic acids is 1. The van der Waals surface area contributed by atoms with Crippen molar-refractivity contribution in [3.05, 3.63) is 23.8 Å². The Morgan fingerprint density at radius 3 is 2.68 bits per heavy atom. The van der Waals surface area contributed by atoms with Crippen molar-refractivity contribution in [2.24, 2.45) is 23.5 Å². The van der Waals surface area contributed by atoms with Gasteiger partial charge >= 0.3 is 12.1 Å². The monoisotopic (exact) mass is 317 g/mol. The number of alkyl halides is 3. The molecule has 0 saturated heterocycles. The van der Waals surface area contributed by atoms with Crippen LogP contribution in [-0.4, -0.2) is 25.3 Å². The molecular weight excluding hydrogens is 295 g/mol. The topological polar surface area (TPSA) is 52.3 Å². The van der Waals surface area contributed by atoms with E-state index in [4.69, 9.17) is 10.5 Å². The minimum Gasteiger partial charge on any atom is -0.469 e. The fourth-order valence-corrected chi connectivity index (χ4v) is 3.48. The van der Waals surface area contributed by atoms with E-state index < -0.39 is 11.7 Å². The molecule has 2 aliphatic rings. The molecule has 0 heterocycles. The predicted octanol–water partition coefficient (Wildman–Crippen LogP) is 3.36. The van der Waals surface area contributed by atoms with Crippen LogP contribution in [0.1, 0.15) is 32.1 Å². The van der Waals surface area contributed by atoms with Crippen molar-refractivity contribution in [2.45, 2.75) is 44.3 Å². The number of ether oxygens (including phenoxy) is 1. The second-order valence-electron chi connectivity index (χ2n) is 6.20. The number of hydrogen-bond acceptors (Lipinski definition) is 3. The normalized spacial score (nSPS) is 32.5. The van der Waals surface area contributed by atoms with Gasteiger partial charge in [0.2, 0.25) is 0 Å². The number of carbonyl (C=O) groups is 1. The summed E-state index contributed by atoms with van der Waals surface area (Å²) in [7, 11) is 1.36. The first-order valence-corrected chi connectivity index (χ1v) is 7.59. The lowest BCUT2D eigenvalue weighted by molar-refractivity contribution is -0.142. The summed E-state index contributed by atoms with van der Waals surface area (Å²) in [6.07, 6.45) is 2.90. The molecule has 0 radical (unpaired) electrons. The third-order valence-corrected chi connectivity index (χ3v) is 4.76. The van der Waals surface area contributed by atoms with Gasteiger partial charge in [-0.3, -0.25) is 4.79 Å². The van der Waals surface area contributed by atoms with Crippen LogP contribution in [-0.2, 0) is 9.53 Å². The molecule has 1 fully saturated rings. The van der Waals surface area contributed by atoms with E-state index >= 15 is 0 Å². The van der Waals surface area contributed by atoms with Crippen LogP contribution >= 0.6 is 0 Å². The molecule has 124 valence electrons. The Morgan fingerprint density at radius 2 is 2.14 bits per heavy atom. The predicted molar refractivity (Wildman–Crippen MR) is 76.8 cm³/mol. The second kappa shape index (κ2) is 6.86. The first-order chi connectivity index (χ1) is 10.3. The molecule has 0 aliphatic heterocycles. The Hall–Kier alpha value is -1.30. The fourth-order valence-electron chi connectivity index (χ4n) is 3.48. The summed E-state index contributed by atoms with van der Waals surface area (Å²) >= 11 is 0. The molecule has 2 rings (SSSR count). The van der Waals surface area contributed by atoms with Gasteiger partial charge in [0.05, 0.1) is 12.7 Å². The zero-order valence-electron chi connectivity index (χ0n) is 12.6. The van der Waals surface area contributed by atoms with Crippen LogP contribution in [0.2, 0.25) is 0 Å². The average molecular weight is 317 g/mol. The minimum absolute atomic E-state index is 0.0153. The fraction of sp³-hybridized carbons (Fsp3) is 0.688. The van der Waals surface area contributed by atoms with Gasteiger partial charge in [-0.05, 0) is 43.4 Å². The van der Waals surface area contributed by atoms with Crippen LogP contribution in [0.5, 0.6) is 0 Å². The van der Waals surface area contributed by atoms with Gasteiger partial charge in [0.15, 0.2) is 0 Å². The number of esters is 1. The maximum absolute atomic E-state index is 12.6. The highest BCUT2D eigenvalue weighted by atomic mass is 19.4. The molecule has 22 heavy (non-hydrogen) atoms. The van der Waals surface area contributed by atoms with Gasteiger partial charge in [-0.15, -0.1) is 0 Å². The van der Waals surface area contributed by atoms with E-state index in [0.29, 0.717) is 12.8 Å². The number of allylic oxidation sites excluding steroid dienone is 4. The average Bonchev–Trinajstić information content (AvgIpc) is 2.48. The third kappa shape index (κ3) is 4.12. The maximum atomic E-state index is 12.6. The third-order valence-electron chi connectivity index (χ3n) is 4.76. The van der Waals surface area contributed by atoms with E-state index in [-0.39, 0.29) is 29.8 Å². The number of rotatable bonds is 3. The molecular formula is C16H22F3NO2. The lowest BCUT2D eigenvalue weighted by atomic mass is 9.69. The van der Waals surface area contributed by atoms with Gasteiger partial charge in [-0.1, -0.05) is 18.2 Å². The second-order valence-corrected chi connectivity index (χ2v) is 6.20. The Balaban J connectivity index is 1.98. The molecule has 0 aromatic heterocycles. The number of methoxy groups -OCH3 is 1. The van der Waals surface area contributed by atoms with Gasteiger partial charge in [-0.25, -0.2) is 0 Å². The molecule has 0 aromatic rings. The molecule has 2 aliphatic carbocycles. The summed E-state index contributed by atoms with van der Waals surface area (Å²) in [5.74, 6) is 0.101. The van der Waals surface area contributed by atoms with Gasteiger partial charge < -0.3 is 10.5 Å². The Labute approximate surface area is 128 Å². The summed E-state index contributed by atoms with van der Waals surface area (Å²) in [6.45, 7) is 0. The van der Waals surface area contributed by atoms with Gasteiger partial charge in [-0.2, -0.15) is 13.2 Å². The minimum atomic E-state index is -4.29. The first kappa shape index (κ1) is 17.1. The van der Waals surface area contributed by atoms with Crippen LogP contribution in [0.15, 0.2) is 23.8 Å². The lowest BCUT2D eigenvalue weighted by Gasteiger charge is -2.38. The van der Waals surface area contributed by atoms with Crippen molar-refractivity contribution >= 4 is 5.97 Å². The van der Waals surface area contributed by atoms with E-state index in [0.717, 1.165) is 25.3 Å². The van der Waals surface area contributed by atoms with Crippen LogP contribution in [0.25, 0.3) is 0 Å². The van der Waals surface area contributed by atoms with E-state index in [1.807, 2.05) is 0 Å². The van der Waals surface area contributed by atoms with E-state index in [9.17, 15) is 18.0 Å². The zero-order chi connectivity index (χ0) is 16.3. The highest BCUT2D eigenvalue weighted by Gasteiger charge is 2.37. The standard InChI is InChI=1S/C16H22F3NO2/c1-22-15(21)9-10-2-7-14(20)13(8-10)11-3-5-12(6-4-11)16(17,18)19/h3,5-6,10-11,13-14H,2,4,7-9,20H2,1H3/t10-,11?,13+,14+/m0/s1. The number of hydrogen-bond donors (Lipinski definition) is 1. The summed E-state index contributed by atoms with van der Waals surface area (Å²) in [4.78, 5) is 11.4. The molecule has 2 N–H and O–H groups in total. The van der Waals surface area contributed by atoms with Gasteiger partial charge in [0.1, 0.15) is 0 Å². The molecule has 0 amide bonds. The van der Waals surface area contributed by atoms with Crippen LogP contribution in [0.3, 0.4) is 0 Å². The van der Waals surface area contributed by atoms with Crippen molar-refractivity contribution in [1.82, 2.24) is 0 Å². The van der Waals surface area contributed by atoms with Gasteiger partial charge in [0.25, 0.3) is 0 Å². The van der Waals surface area contributed by atoms with Crippen LogP contribution < -0.4 is 5.73 Å². The van der Waals surface area contributed by atoms with E-state index in [2.05, 4.69) is 0 Å². The molecule has 0 bridgehead atoms. The molecule has 1 saturated carbocycles. The summed E-state index contributed by atoms with van der Waals surface area (Å²) in [5, 5.41) is 0. The number of nitrogens with two attached hydrogens (primary N) is 1. The first-order valence-electron chi connectivity index (χ1n) is 7.59. The van der Waals surface area contributed by atoms with Crippen LogP contribution in [0, 0.1) is 17.8 Å². The summed E-state index contributed by atoms with van der Waals surface area (Å²) in [5.41, 5.74) is 5.58. The molecule has 6 heteroatoms. The highest BCUT2D eigenvalue weighted by Crippen LogP contribution is 2.40. The Kier molecular flexibility index (Phi) is 5.32. The smallest absolute Gasteiger partial charge is 0.416 e. The number of halogens is 3. The molecule has 4 atom stereocenters. The molecule has 1 unspecified atom stereocenters. The summed E-state index contributed by atoms with van der Waals surface area (Å²) in [6, 6.07) is -0.0237. The van der Waals surface area contributed by atoms with Crippen molar-refractivity contribution < 1.29 is 22.7 Å². The largest absolute Gasteiger partial charge is 0.469 e. The van der Waals surface area contributed by atoms with Gasteiger partial charge in [0, 0.05) is 12.5 Å². The lowest BCUT2D eigenvalue weighted by Crippen LogP contribution is -2.40. The maximum Gasteiger partial charge on any atom is 0.416 e. The molecule has 0 spiro atoms. The van der Waals surface area contributed by atoms with Crippen molar-refractivity contribution in [2.75, 3.05) is 7.11 Å². The zero-order valence-corrected chi connectivity index (χ0v) is 12.6. The summed E-state index contributed by atoms with van der Waals surface area (Å²) < 4.78 is 42.6. The SMILES string of the molecule is COC(=O)C[C@H]1CC[C@@H](N)[C@@H](C2C=CC(C(F)(F)F)=CC2)C1.